The van der Waals surface area contributed by atoms with E-state index in [4.69, 9.17) is 13.9 Å². The molecule has 1 aliphatic rings. The van der Waals surface area contributed by atoms with Gasteiger partial charge in [0.25, 0.3) is 0 Å². The minimum absolute atomic E-state index is 0.0212. The summed E-state index contributed by atoms with van der Waals surface area (Å²) in [6.07, 6.45) is 3.62. The highest BCUT2D eigenvalue weighted by atomic mass is 16.5. The number of hydrogen-bond donors (Lipinski definition) is 3. The molecule has 168 valence electrons. The van der Waals surface area contributed by atoms with E-state index < -0.39 is 11.0 Å². The fraction of sp³-hybridized carbons (Fsp3) is 0.192. The van der Waals surface area contributed by atoms with Crippen LogP contribution in [-0.2, 0) is 0 Å². The lowest BCUT2D eigenvalue weighted by Gasteiger charge is -2.28. The third kappa shape index (κ3) is 2.85. The quantitative estimate of drug-likeness (QED) is 0.278. The third-order valence-electron chi connectivity index (χ3n) is 5.92. The van der Waals surface area contributed by atoms with Crippen LogP contribution in [0.5, 0.6) is 28.7 Å². The maximum Gasteiger partial charge on any atom is 0.194 e. The van der Waals surface area contributed by atoms with Crippen molar-refractivity contribution >= 4 is 44.4 Å². The zero-order valence-electron chi connectivity index (χ0n) is 18.6. The van der Waals surface area contributed by atoms with Crippen molar-refractivity contribution in [2.75, 3.05) is 7.11 Å². The first-order valence-corrected chi connectivity index (χ1v) is 10.3. The van der Waals surface area contributed by atoms with Crippen LogP contribution in [-0.4, -0.2) is 28.0 Å². The van der Waals surface area contributed by atoms with Crippen molar-refractivity contribution < 1.29 is 29.2 Å². The fourth-order valence-electron chi connectivity index (χ4n) is 4.36. The smallest absolute Gasteiger partial charge is 0.194 e. The van der Waals surface area contributed by atoms with Crippen molar-refractivity contribution in [2.45, 2.75) is 26.4 Å². The molecule has 0 spiro atoms. The Morgan fingerprint density at radius 2 is 1.76 bits per heavy atom. The molecule has 0 saturated heterocycles. The molecular weight excluding hydrogens is 424 g/mol. The van der Waals surface area contributed by atoms with E-state index in [0.29, 0.717) is 22.4 Å². The van der Waals surface area contributed by atoms with Gasteiger partial charge < -0.3 is 29.2 Å². The normalized spacial score (nSPS) is 14.4. The Bertz CT molecular complexity index is 1620. The van der Waals surface area contributed by atoms with Crippen LogP contribution in [0.15, 0.2) is 40.1 Å². The van der Waals surface area contributed by atoms with Gasteiger partial charge in [-0.2, -0.15) is 0 Å². The number of methoxy groups -OCH3 is 1. The van der Waals surface area contributed by atoms with E-state index >= 15 is 0 Å². The number of phenolic OH excluding ortho intramolecular Hbond substituents is 2. The molecule has 0 atom stereocenters. The molecule has 0 saturated carbocycles. The number of allylic oxidation sites excluding steroid dienone is 1. The Labute approximate surface area is 188 Å². The van der Waals surface area contributed by atoms with Crippen LogP contribution in [0, 0.1) is 0 Å². The number of ether oxygens (including phenoxy) is 2. The second kappa shape index (κ2) is 6.68. The first kappa shape index (κ1) is 20.8. The number of fused-ring (bicyclic) bond motifs is 6. The van der Waals surface area contributed by atoms with Crippen molar-refractivity contribution in [2.24, 2.45) is 0 Å². The third-order valence-corrected chi connectivity index (χ3v) is 5.92. The molecule has 4 aromatic rings. The van der Waals surface area contributed by atoms with Gasteiger partial charge in [-0.25, -0.2) is 0 Å². The molecule has 7 heteroatoms. The average Bonchev–Trinajstić information content (AvgIpc) is 2.74. The summed E-state index contributed by atoms with van der Waals surface area (Å²) in [6.45, 7) is 9.41. The van der Waals surface area contributed by atoms with E-state index in [1.807, 2.05) is 19.9 Å². The summed E-state index contributed by atoms with van der Waals surface area (Å²) in [4.78, 5) is 13.1. The lowest BCUT2D eigenvalue weighted by molar-refractivity contribution is 0.158. The monoisotopic (exact) mass is 446 g/mol. The number of benzene rings is 3. The molecule has 1 aromatic heterocycles. The SMILES string of the molecule is C=C(C)c1cc2c(O)c3c(O)cc4c(c3oc2c2c(=O)cc(OC)c(O)c12)C=CC(C)(C)O4. The Hall–Kier alpha value is -4.13. The molecule has 0 radical (unpaired) electrons. The van der Waals surface area contributed by atoms with Gasteiger partial charge in [-0.05, 0) is 44.6 Å². The first-order valence-electron chi connectivity index (χ1n) is 10.3. The van der Waals surface area contributed by atoms with Crippen LogP contribution in [0.2, 0.25) is 0 Å². The van der Waals surface area contributed by atoms with Gasteiger partial charge in [-0.15, -0.1) is 0 Å². The molecule has 0 unspecified atom stereocenters. The molecule has 0 bridgehead atoms. The molecule has 3 N–H and O–H groups in total. The number of phenols is 2. The van der Waals surface area contributed by atoms with Crippen LogP contribution < -0.4 is 14.9 Å². The van der Waals surface area contributed by atoms with Crippen molar-refractivity contribution in [3.8, 4) is 28.7 Å². The van der Waals surface area contributed by atoms with E-state index in [2.05, 4.69) is 6.58 Å². The molecule has 0 aliphatic carbocycles. The highest BCUT2D eigenvalue weighted by Crippen LogP contribution is 2.49. The zero-order valence-corrected chi connectivity index (χ0v) is 18.6. The summed E-state index contributed by atoms with van der Waals surface area (Å²) in [6, 6.07) is 4.17. The number of hydrogen-bond acceptors (Lipinski definition) is 7. The lowest BCUT2D eigenvalue weighted by atomic mass is 9.94. The van der Waals surface area contributed by atoms with E-state index in [0.717, 1.165) is 0 Å². The molecule has 7 nitrogen and oxygen atoms in total. The van der Waals surface area contributed by atoms with Crippen LogP contribution in [0.1, 0.15) is 31.9 Å². The summed E-state index contributed by atoms with van der Waals surface area (Å²) in [5.74, 6) is -0.318. The van der Waals surface area contributed by atoms with E-state index in [-0.39, 0.29) is 55.7 Å². The first-order chi connectivity index (χ1) is 15.5. The van der Waals surface area contributed by atoms with Crippen LogP contribution in [0.3, 0.4) is 0 Å². The van der Waals surface area contributed by atoms with Crippen LogP contribution in [0.4, 0.5) is 0 Å². The van der Waals surface area contributed by atoms with Crippen molar-refractivity contribution in [1.29, 1.82) is 0 Å². The summed E-state index contributed by atoms with van der Waals surface area (Å²) in [7, 11) is 1.36. The minimum atomic E-state index is -0.598. The standard InChI is InChI=1S/C26H22O7/c1-11(2)13-8-14-22(29)21-16(28)9-17-12(6-7-26(3,4)33-17)24(21)32-25(14)20-15(27)10-18(31-5)23(30)19(13)20/h6-10,28-30H,1H2,2-5H3. The van der Waals surface area contributed by atoms with Crippen molar-refractivity contribution in [3.05, 3.63) is 52.2 Å². The van der Waals surface area contributed by atoms with Gasteiger partial charge in [0.1, 0.15) is 33.8 Å². The average molecular weight is 446 g/mol. The zero-order chi connectivity index (χ0) is 23.8. The summed E-state index contributed by atoms with van der Waals surface area (Å²) in [5.41, 5.74) is 0.670. The highest BCUT2D eigenvalue weighted by Gasteiger charge is 2.28. The second-order valence-electron chi connectivity index (χ2n) is 8.76. The predicted octanol–water partition coefficient (Wildman–Crippen LogP) is 5.44. The molecule has 5 rings (SSSR count). The Morgan fingerprint density at radius 1 is 1.03 bits per heavy atom. The highest BCUT2D eigenvalue weighted by molar-refractivity contribution is 6.17. The van der Waals surface area contributed by atoms with Crippen molar-refractivity contribution in [3.63, 3.8) is 0 Å². The molecule has 0 fully saturated rings. The maximum atomic E-state index is 13.1. The van der Waals surface area contributed by atoms with Crippen LogP contribution in [0.25, 0.3) is 44.4 Å². The van der Waals surface area contributed by atoms with Gasteiger partial charge >= 0.3 is 0 Å². The van der Waals surface area contributed by atoms with Gasteiger partial charge in [-0.3, -0.25) is 4.79 Å². The summed E-state index contributed by atoms with van der Waals surface area (Å²) >= 11 is 0. The Kier molecular flexibility index (Phi) is 4.20. The maximum absolute atomic E-state index is 13.1. The van der Waals surface area contributed by atoms with Gasteiger partial charge in [0.05, 0.1) is 23.4 Å². The molecule has 1 aliphatic heterocycles. The second-order valence-corrected chi connectivity index (χ2v) is 8.76. The van der Waals surface area contributed by atoms with E-state index in [9.17, 15) is 20.1 Å². The topological polar surface area (TPSA) is 109 Å². The van der Waals surface area contributed by atoms with E-state index in [1.54, 1.807) is 19.1 Å². The molecule has 2 heterocycles. The summed E-state index contributed by atoms with van der Waals surface area (Å²) < 4.78 is 17.3. The Morgan fingerprint density at radius 3 is 2.42 bits per heavy atom. The molecule has 33 heavy (non-hydrogen) atoms. The van der Waals surface area contributed by atoms with Gasteiger partial charge in [0.15, 0.2) is 22.5 Å². The number of rotatable bonds is 2. The fourth-order valence-corrected chi connectivity index (χ4v) is 4.36. The minimum Gasteiger partial charge on any atom is -0.507 e. The van der Waals surface area contributed by atoms with Gasteiger partial charge in [0, 0.05) is 17.5 Å². The molecular formula is C26H22O7. The largest absolute Gasteiger partial charge is 0.507 e. The summed E-state index contributed by atoms with van der Waals surface area (Å²) in [5, 5.41) is 33.4. The van der Waals surface area contributed by atoms with Gasteiger partial charge in [0.2, 0.25) is 0 Å². The number of aromatic hydroxyl groups is 3. The molecule has 0 amide bonds. The predicted molar refractivity (Wildman–Crippen MR) is 127 cm³/mol. The lowest BCUT2D eigenvalue weighted by Crippen LogP contribution is -2.27. The molecule has 3 aromatic carbocycles. The van der Waals surface area contributed by atoms with Crippen molar-refractivity contribution in [1.82, 2.24) is 0 Å². The van der Waals surface area contributed by atoms with Crippen LogP contribution >= 0.6 is 0 Å². The van der Waals surface area contributed by atoms with E-state index in [1.165, 1.54) is 19.2 Å². The Balaban J connectivity index is 2.06. The van der Waals surface area contributed by atoms with Gasteiger partial charge in [-0.1, -0.05) is 12.2 Å².